The van der Waals surface area contributed by atoms with Crippen molar-refractivity contribution in [3.63, 3.8) is 0 Å². The van der Waals surface area contributed by atoms with Gasteiger partial charge < -0.3 is 34.0 Å². The Bertz CT molecular complexity index is 1420. The number of aliphatic hydroxyl groups is 2. The molecule has 0 aliphatic rings. The molecule has 3 N–H and O–H groups in total. The van der Waals surface area contributed by atoms with Crippen LogP contribution < -0.4 is 10.2 Å². The third-order valence-corrected chi connectivity index (χ3v) is 15.3. The molecule has 4 atom stereocenters. The molecule has 0 aromatic carbocycles. The Morgan fingerprint density at radius 2 is 0.840 bits per heavy atom. The molecule has 0 spiro atoms. The van der Waals surface area contributed by atoms with E-state index in [1.165, 1.54) is 199 Å². The molecule has 0 saturated carbocycles. The molecule has 4 unspecified atom stereocenters. The van der Waals surface area contributed by atoms with Crippen LogP contribution in [0.1, 0.15) is 290 Å². The van der Waals surface area contributed by atoms with E-state index in [0.717, 1.165) is 51.4 Å². The highest BCUT2D eigenvalue weighted by molar-refractivity contribution is 7.45. The van der Waals surface area contributed by atoms with Gasteiger partial charge in [0.15, 0.2) is 0 Å². The molecule has 0 bridgehead atoms. The molecule has 0 aromatic heterocycles. The van der Waals surface area contributed by atoms with Crippen LogP contribution >= 0.6 is 7.82 Å². The Kier molecular flexibility index (Phi) is 54.1. The second kappa shape index (κ2) is 55.5. The Morgan fingerprint density at radius 3 is 1.24 bits per heavy atom. The fraction of sp³-hybridized carbons (Fsp3) is 0.831. The molecular weight excluding hydrogens is 952 g/mol. The van der Waals surface area contributed by atoms with Crippen LogP contribution in [0.4, 0.5) is 0 Å². The first kappa shape index (κ1) is 73.2. The van der Waals surface area contributed by atoms with E-state index in [9.17, 15) is 24.5 Å². The third kappa shape index (κ3) is 56.7. The molecule has 0 radical (unpaired) electrons. The van der Waals surface area contributed by atoms with Crippen LogP contribution in [0.25, 0.3) is 0 Å². The average molecular weight is 1080 g/mol. The number of quaternary nitrogens is 1. The third-order valence-electron chi connectivity index (χ3n) is 14.3. The fourth-order valence-electron chi connectivity index (χ4n) is 9.37. The highest BCUT2D eigenvalue weighted by Crippen LogP contribution is 2.38. The molecule has 0 aliphatic carbocycles. The first-order valence-electron chi connectivity index (χ1n) is 31.7. The molecule has 0 saturated heterocycles. The van der Waals surface area contributed by atoms with Crippen LogP contribution in [-0.4, -0.2) is 79.8 Å². The highest BCUT2D eigenvalue weighted by Gasteiger charge is 2.29. The van der Waals surface area contributed by atoms with E-state index in [2.05, 4.69) is 79.9 Å². The van der Waals surface area contributed by atoms with Crippen molar-refractivity contribution in [1.82, 2.24) is 5.32 Å². The molecule has 75 heavy (non-hydrogen) atoms. The molecular formula is C65H123N2O7P. The Morgan fingerprint density at radius 1 is 0.493 bits per heavy atom. The SMILES string of the molecule is CC/C=C\C/C=C\C/C=C\C/C=C\CCCCCCCCCCCCCCCCCCCCCCCCCCCCC(=O)NC(COP(=O)([O-])OCC[N+](C)(C)C)C(O)C(O)CCC/C=C/CCCCCCCCC. The summed E-state index contributed by atoms with van der Waals surface area (Å²) in [6.07, 6.45) is 71.9. The van der Waals surface area contributed by atoms with Crippen LogP contribution in [-0.2, 0) is 18.4 Å². The first-order valence-corrected chi connectivity index (χ1v) is 33.2. The number of carbonyl (C=O) groups is 1. The Hall–Kier alpha value is -1.84. The normalized spacial score (nSPS) is 14.6. The van der Waals surface area contributed by atoms with Crippen molar-refractivity contribution < 1.29 is 38.0 Å². The Balaban J connectivity index is 3.94. The largest absolute Gasteiger partial charge is 0.756 e. The van der Waals surface area contributed by atoms with E-state index in [0.29, 0.717) is 30.3 Å². The summed E-state index contributed by atoms with van der Waals surface area (Å²) in [5, 5.41) is 24.7. The molecule has 9 nitrogen and oxygen atoms in total. The van der Waals surface area contributed by atoms with Gasteiger partial charge in [-0.25, -0.2) is 0 Å². The number of likely N-dealkylation sites (N-methyl/N-ethyl adjacent to an activating group) is 1. The molecule has 440 valence electrons. The van der Waals surface area contributed by atoms with E-state index in [1.807, 2.05) is 21.1 Å². The lowest BCUT2D eigenvalue weighted by molar-refractivity contribution is -0.870. The first-order chi connectivity index (χ1) is 36.4. The van der Waals surface area contributed by atoms with Crippen molar-refractivity contribution in [2.24, 2.45) is 0 Å². The van der Waals surface area contributed by atoms with Crippen LogP contribution in [0.2, 0.25) is 0 Å². The van der Waals surface area contributed by atoms with E-state index < -0.39 is 32.7 Å². The number of nitrogens with zero attached hydrogens (tertiary/aromatic N) is 1. The van der Waals surface area contributed by atoms with Crippen molar-refractivity contribution in [2.75, 3.05) is 40.9 Å². The predicted octanol–water partition coefficient (Wildman–Crippen LogP) is 18.0. The summed E-state index contributed by atoms with van der Waals surface area (Å²) >= 11 is 0. The predicted molar refractivity (Wildman–Crippen MR) is 322 cm³/mol. The average Bonchev–Trinajstić information content (AvgIpc) is 3.37. The van der Waals surface area contributed by atoms with Crippen molar-refractivity contribution >= 4 is 13.7 Å². The van der Waals surface area contributed by atoms with Gasteiger partial charge in [0, 0.05) is 6.42 Å². The van der Waals surface area contributed by atoms with Gasteiger partial charge in [-0.15, -0.1) is 0 Å². The zero-order valence-corrected chi connectivity index (χ0v) is 50.8. The number of hydrogen-bond donors (Lipinski definition) is 3. The molecule has 1 amide bonds. The summed E-state index contributed by atoms with van der Waals surface area (Å²) in [7, 11) is 1.11. The number of nitrogens with one attached hydrogen (secondary N) is 1. The summed E-state index contributed by atoms with van der Waals surface area (Å²) in [5.41, 5.74) is 0. The second-order valence-electron chi connectivity index (χ2n) is 22.9. The quantitative estimate of drug-likeness (QED) is 0.0239. The number of phosphoric acid groups is 1. The number of phosphoric ester groups is 1. The van der Waals surface area contributed by atoms with Gasteiger partial charge in [0.05, 0.1) is 39.9 Å². The van der Waals surface area contributed by atoms with E-state index in [1.54, 1.807) is 0 Å². The van der Waals surface area contributed by atoms with Crippen molar-refractivity contribution in [1.29, 1.82) is 0 Å². The van der Waals surface area contributed by atoms with Crippen LogP contribution in [0, 0.1) is 0 Å². The number of amides is 1. The molecule has 0 rings (SSSR count). The van der Waals surface area contributed by atoms with Crippen LogP contribution in [0.5, 0.6) is 0 Å². The molecule has 0 aromatic rings. The summed E-state index contributed by atoms with van der Waals surface area (Å²) in [5.74, 6) is -0.284. The van der Waals surface area contributed by atoms with Crippen LogP contribution in [0.15, 0.2) is 60.8 Å². The number of rotatable bonds is 58. The van der Waals surface area contributed by atoms with Crippen molar-refractivity contribution in [3.8, 4) is 0 Å². The lowest BCUT2D eigenvalue weighted by atomic mass is 10.0. The fourth-order valence-corrected chi connectivity index (χ4v) is 10.1. The summed E-state index contributed by atoms with van der Waals surface area (Å²) < 4.78 is 23.3. The van der Waals surface area contributed by atoms with Gasteiger partial charge in [-0.2, -0.15) is 0 Å². The Labute approximate surface area is 464 Å². The van der Waals surface area contributed by atoms with Gasteiger partial charge in [-0.1, -0.05) is 267 Å². The van der Waals surface area contributed by atoms with E-state index in [-0.39, 0.29) is 18.9 Å². The maximum absolute atomic E-state index is 13.0. The van der Waals surface area contributed by atoms with Gasteiger partial charge >= 0.3 is 0 Å². The maximum Gasteiger partial charge on any atom is 0.268 e. The van der Waals surface area contributed by atoms with Gasteiger partial charge in [-0.05, 0) is 77.0 Å². The zero-order chi connectivity index (χ0) is 55.0. The lowest BCUT2D eigenvalue weighted by Crippen LogP contribution is -2.51. The summed E-state index contributed by atoms with van der Waals surface area (Å²) in [4.78, 5) is 25.5. The van der Waals surface area contributed by atoms with Crippen molar-refractivity contribution in [2.45, 2.75) is 308 Å². The summed E-state index contributed by atoms with van der Waals surface area (Å²) in [6.45, 7) is 4.32. The molecule has 10 heteroatoms. The maximum atomic E-state index is 13.0. The second-order valence-corrected chi connectivity index (χ2v) is 24.3. The van der Waals surface area contributed by atoms with Gasteiger partial charge in [0.1, 0.15) is 19.3 Å². The number of carbonyl (C=O) groups excluding carboxylic acids is 1. The monoisotopic (exact) mass is 1070 g/mol. The van der Waals surface area contributed by atoms with Gasteiger partial charge in [-0.3, -0.25) is 9.36 Å². The van der Waals surface area contributed by atoms with Crippen molar-refractivity contribution in [3.05, 3.63) is 60.8 Å². The number of hydrogen-bond acceptors (Lipinski definition) is 7. The van der Waals surface area contributed by atoms with E-state index in [4.69, 9.17) is 9.05 Å². The molecule has 0 aliphatic heterocycles. The van der Waals surface area contributed by atoms with Crippen LogP contribution in [0.3, 0.4) is 0 Å². The molecule has 0 fully saturated rings. The highest BCUT2D eigenvalue weighted by atomic mass is 31.2. The smallest absolute Gasteiger partial charge is 0.268 e. The minimum Gasteiger partial charge on any atom is -0.756 e. The summed E-state index contributed by atoms with van der Waals surface area (Å²) in [6, 6.07) is -1.09. The van der Waals surface area contributed by atoms with E-state index >= 15 is 0 Å². The number of aliphatic hydroxyl groups excluding tert-OH is 2. The van der Waals surface area contributed by atoms with Gasteiger partial charge in [0.2, 0.25) is 5.91 Å². The number of allylic oxidation sites excluding steroid dienone is 10. The lowest BCUT2D eigenvalue weighted by Gasteiger charge is -2.31. The minimum absolute atomic E-state index is 0.0452. The topological polar surface area (TPSA) is 128 Å². The zero-order valence-electron chi connectivity index (χ0n) is 49.9. The standard InChI is InChI=1S/C65H123N2O7P/c1-6-8-10-12-14-16-18-20-21-22-23-24-25-26-27-28-29-30-31-32-33-34-35-36-37-38-39-40-41-42-43-44-45-46-48-50-52-54-56-58-64(69)66-62(61-74-75(71,72)73-60-59-67(3,4)5)65(70)63(68)57-55-53-51-49-47-19-17-15-13-11-9-7-2/h8,10,14,16,20-21,23-24,49,51,62-63,65,68,70H,6-7,9,11-13,15,17-19,22,25-48,50,52-61H2,1-5H3,(H-,66,69,71,72)/b10-8-,16-14-,21-20-,24-23-,51-49+. The molecule has 0 heterocycles. The van der Waals surface area contributed by atoms with Gasteiger partial charge in [0.25, 0.3) is 7.82 Å². The number of unbranched alkanes of at least 4 members (excludes halogenated alkanes) is 34. The minimum atomic E-state index is -4.68.